The minimum absolute atomic E-state index is 0. The second-order valence-corrected chi connectivity index (χ2v) is 6.71. The average Bonchev–Trinajstić information content (AvgIpc) is 2.37. The van der Waals surface area contributed by atoms with Crippen molar-refractivity contribution in [2.75, 3.05) is 24.6 Å². The zero-order valence-electron chi connectivity index (χ0n) is 13.0. The maximum Gasteiger partial charge on any atom is 0.229 e. The summed E-state index contributed by atoms with van der Waals surface area (Å²) in [5, 5.41) is 5.87. The molecule has 1 unspecified atom stereocenters. The van der Waals surface area contributed by atoms with E-state index in [1.807, 2.05) is 20.0 Å². The Morgan fingerprint density at radius 3 is 2.50 bits per heavy atom. The van der Waals surface area contributed by atoms with Gasteiger partial charge in [-0.15, -0.1) is 12.4 Å². The lowest BCUT2D eigenvalue weighted by Crippen LogP contribution is -2.28. The van der Waals surface area contributed by atoms with Gasteiger partial charge in [0.25, 0.3) is 0 Å². The Morgan fingerprint density at radius 2 is 1.91 bits per heavy atom. The second-order valence-electron chi connectivity index (χ2n) is 4.96. The minimum atomic E-state index is -3.35. The van der Waals surface area contributed by atoms with Crippen LogP contribution in [0.2, 0.25) is 0 Å². The van der Waals surface area contributed by atoms with Crippen molar-refractivity contribution >= 4 is 34.0 Å². The van der Waals surface area contributed by atoms with Gasteiger partial charge in [0.2, 0.25) is 15.9 Å². The summed E-state index contributed by atoms with van der Waals surface area (Å²) in [5.74, 6) is -0.0492. The molecule has 3 N–H and O–H groups in total. The number of amides is 1. The van der Waals surface area contributed by atoms with Crippen LogP contribution in [0.5, 0.6) is 0 Å². The number of carbonyl (C=O) groups excluding carboxylic acids is 1. The standard InChI is InChI=1S/C14H23N3O3S.ClH/c1-11(16-14(18)9-6-10-15-2)12-7-4-5-8-13(12)17-21(3,19)20;/h4-5,7-8,11,15,17H,6,9-10H2,1-3H3,(H,16,18);1H. The smallest absolute Gasteiger partial charge is 0.229 e. The molecule has 1 aromatic carbocycles. The van der Waals surface area contributed by atoms with E-state index in [2.05, 4.69) is 15.4 Å². The van der Waals surface area contributed by atoms with Gasteiger partial charge in [0.05, 0.1) is 18.0 Å². The van der Waals surface area contributed by atoms with Crippen LogP contribution in [0.4, 0.5) is 5.69 Å². The Hall–Kier alpha value is -1.31. The van der Waals surface area contributed by atoms with Crippen LogP contribution in [0.3, 0.4) is 0 Å². The Morgan fingerprint density at radius 1 is 1.27 bits per heavy atom. The quantitative estimate of drug-likeness (QED) is 0.623. The molecular weight excluding hydrogens is 326 g/mol. The summed E-state index contributed by atoms with van der Waals surface area (Å²) in [6.45, 7) is 2.62. The molecule has 0 aliphatic rings. The SMILES string of the molecule is CNCCCC(=O)NC(C)c1ccccc1NS(C)(=O)=O.Cl. The van der Waals surface area contributed by atoms with Gasteiger partial charge in [0.15, 0.2) is 0 Å². The average molecular weight is 350 g/mol. The number of hydrogen-bond acceptors (Lipinski definition) is 4. The molecule has 1 atom stereocenters. The number of halogens is 1. The zero-order chi connectivity index (χ0) is 15.9. The molecule has 0 saturated heterocycles. The lowest BCUT2D eigenvalue weighted by Gasteiger charge is -2.18. The normalized spacial score (nSPS) is 12.1. The van der Waals surface area contributed by atoms with Gasteiger partial charge < -0.3 is 10.6 Å². The summed E-state index contributed by atoms with van der Waals surface area (Å²) in [5.41, 5.74) is 1.23. The Kier molecular flexibility index (Phi) is 9.08. The van der Waals surface area contributed by atoms with E-state index in [1.165, 1.54) is 0 Å². The number of sulfonamides is 1. The number of anilines is 1. The van der Waals surface area contributed by atoms with E-state index in [4.69, 9.17) is 0 Å². The van der Waals surface area contributed by atoms with Crippen molar-refractivity contribution in [1.82, 2.24) is 10.6 Å². The first-order valence-corrected chi connectivity index (χ1v) is 8.73. The Balaban J connectivity index is 0.00000441. The van der Waals surface area contributed by atoms with Crippen LogP contribution in [0.1, 0.15) is 31.4 Å². The lowest BCUT2D eigenvalue weighted by molar-refractivity contribution is -0.121. The summed E-state index contributed by atoms with van der Waals surface area (Å²) >= 11 is 0. The molecule has 0 aliphatic carbocycles. The highest BCUT2D eigenvalue weighted by Crippen LogP contribution is 2.23. The summed E-state index contributed by atoms with van der Waals surface area (Å²) in [6, 6.07) is 6.77. The molecule has 126 valence electrons. The van der Waals surface area contributed by atoms with Crippen molar-refractivity contribution in [3.8, 4) is 0 Å². The van der Waals surface area contributed by atoms with Gasteiger partial charge in [-0.2, -0.15) is 0 Å². The summed E-state index contributed by atoms with van der Waals surface area (Å²) in [7, 11) is -1.51. The zero-order valence-corrected chi connectivity index (χ0v) is 14.7. The molecule has 0 saturated carbocycles. The van der Waals surface area contributed by atoms with Gasteiger partial charge in [-0.3, -0.25) is 9.52 Å². The van der Waals surface area contributed by atoms with E-state index in [1.54, 1.807) is 18.2 Å². The molecule has 0 bridgehead atoms. The van der Waals surface area contributed by atoms with Crippen LogP contribution in [0.15, 0.2) is 24.3 Å². The second kappa shape index (κ2) is 9.66. The van der Waals surface area contributed by atoms with Crippen molar-refractivity contribution in [1.29, 1.82) is 0 Å². The maximum atomic E-state index is 11.8. The van der Waals surface area contributed by atoms with Crippen molar-refractivity contribution in [3.63, 3.8) is 0 Å². The molecule has 0 aromatic heterocycles. The largest absolute Gasteiger partial charge is 0.350 e. The molecule has 1 rings (SSSR count). The molecule has 0 radical (unpaired) electrons. The molecule has 1 amide bonds. The van der Waals surface area contributed by atoms with Gasteiger partial charge in [0.1, 0.15) is 0 Å². The Bertz CT molecular complexity index is 578. The monoisotopic (exact) mass is 349 g/mol. The fourth-order valence-electron chi connectivity index (χ4n) is 1.98. The fraction of sp³-hybridized carbons (Fsp3) is 0.500. The third-order valence-corrected chi connectivity index (χ3v) is 3.52. The summed E-state index contributed by atoms with van der Waals surface area (Å²) in [6.07, 6.45) is 2.30. The molecule has 6 nitrogen and oxygen atoms in total. The third kappa shape index (κ3) is 7.63. The van der Waals surface area contributed by atoms with Crippen molar-refractivity contribution in [3.05, 3.63) is 29.8 Å². The van der Waals surface area contributed by atoms with Crippen molar-refractivity contribution in [2.24, 2.45) is 0 Å². The highest BCUT2D eigenvalue weighted by molar-refractivity contribution is 7.92. The highest BCUT2D eigenvalue weighted by atomic mass is 35.5. The number of rotatable bonds is 8. The van der Waals surface area contributed by atoms with Gasteiger partial charge in [-0.1, -0.05) is 18.2 Å². The van der Waals surface area contributed by atoms with Crippen LogP contribution in [-0.4, -0.2) is 34.2 Å². The predicted octanol–water partition coefficient (Wildman–Crippen LogP) is 1.66. The molecule has 0 aliphatic heterocycles. The molecule has 22 heavy (non-hydrogen) atoms. The topological polar surface area (TPSA) is 87.3 Å². The molecule has 0 fully saturated rings. The first kappa shape index (κ1) is 20.7. The fourth-order valence-corrected chi connectivity index (χ4v) is 2.57. The van der Waals surface area contributed by atoms with Gasteiger partial charge in [-0.05, 0) is 38.6 Å². The van der Waals surface area contributed by atoms with Crippen LogP contribution >= 0.6 is 12.4 Å². The van der Waals surface area contributed by atoms with E-state index < -0.39 is 10.0 Å². The van der Waals surface area contributed by atoms with Crippen LogP contribution in [0.25, 0.3) is 0 Å². The minimum Gasteiger partial charge on any atom is -0.350 e. The summed E-state index contributed by atoms with van der Waals surface area (Å²) < 4.78 is 25.2. The molecule has 1 aromatic rings. The number of para-hydroxylation sites is 1. The first-order chi connectivity index (χ1) is 9.83. The van der Waals surface area contributed by atoms with Gasteiger partial charge >= 0.3 is 0 Å². The number of nitrogens with one attached hydrogen (secondary N) is 3. The van der Waals surface area contributed by atoms with E-state index in [-0.39, 0.29) is 24.4 Å². The van der Waals surface area contributed by atoms with Gasteiger partial charge in [0, 0.05) is 6.42 Å². The molecule has 0 spiro atoms. The number of benzene rings is 1. The van der Waals surface area contributed by atoms with Gasteiger partial charge in [-0.25, -0.2) is 8.42 Å². The van der Waals surface area contributed by atoms with E-state index in [9.17, 15) is 13.2 Å². The number of hydrogen-bond donors (Lipinski definition) is 3. The first-order valence-electron chi connectivity index (χ1n) is 6.84. The van der Waals surface area contributed by atoms with E-state index in [0.717, 1.165) is 24.8 Å². The number of carbonyl (C=O) groups is 1. The summed E-state index contributed by atoms with van der Waals surface area (Å²) in [4.78, 5) is 11.8. The van der Waals surface area contributed by atoms with E-state index in [0.29, 0.717) is 12.1 Å². The third-order valence-electron chi connectivity index (χ3n) is 2.93. The van der Waals surface area contributed by atoms with E-state index >= 15 is 0 Å². The van der Waals surface area contributed by atoms with Crippen molar-refractivity contribution < 1.29 is 13.2 Å². The molecule has 0 heterocycles. The Labute approximate surface area is 138 Å². The maximum absolute atomic E-state index is 11.8. The highest BCUT2D eigenvalue weighted by Gasteiger charge is 2.14. The lowest BCUT2D eigenvalue weighted by atomic mass is 10.1. The molecular formula is C14H24ClN3O3S. The molecule has 8 heteroatoms. The van der Waals surface area contributed by atoms with Crippen molar-refractivity contribution in [2.45, 2.75) is 25.8 Å². The van der Waals surface area contributed by atoms with Crippen LogP contribution in [0, 0.1) is 0 Å². The predicted molar refractivity (Wildman–Crippen MR) is 91.9 cm³/mol. The van der Waals surface area contributed by atoms with Crippen LogP contribution < -0.4 is 15.4 Å². The van der Waals surface area contributed by atoms with Crippen LogP contribution in [-0.2, 0) is 14.8 Å².